The van der Waals surface area contributed by atoms with Gasteiger partial charge in [-0.15, -0.1) is 0 Å². The van der Waals surface area contributed by atoms with Crippen molar-refractivity contribution in [3.05, 3.63) is 0 Å². The molecule has 0 fully saturated rings. The summed E-state index contributed by atoms with van der Waals surface area (Å²) in [6, 6.07) is 0.128. The molecule has 0 aliphatic heterocycles. The van der Waals surface area contributed by atoms with E-state index >= 15 is 0 Å². The average Bonchev–Trinajstić information content (AvgIpc) is 1.99. The normalized spacial score (nSPS) is 14.1. The predicted molar refractivity (Wildman–Crippen MR) is 62.8 cm³/mol. The smallest absolute Gasteiger partial charge is 0.323 e. The maximum atomic E-state index is 11.8. The van der Waals surface area contributed by atoms with Crippen LogP contribution in [0.5, 0.6) is 0 Å². The molecule has 1 atom stereocenters. The van der Waals surface area contributed by atoms with E-state index in [0.29, 0.717) is 6.04 Å². The second-order valence-electron chi connectivity index (χ2n) is 5.20. The Morgan fingerprint density at radius 2 is 1.87 bits per heavy atom. The number of hydrogen-bond donors (Lipinski definition) is 1. The van der Waals surface area contributed by atoms with Crippen molar-refractivity contribution in [3.8, 4) is 0 Å². The van der Waals surface area contributed by atoms with E-state index in [9.17, 15) is 4.79 Å². The van der Waals surface area contributed by atoms with Crippen LogP contribution in [-0.2, 0) is 9.53 Å². The zero-order valence-electron chi connectivity index (χ0n) is 10.9. The average molecular weight is 215 g/mol. The number of ether oxygens (including phenoxy) is 1. The van der Waals surface area contributed by atoms with Gasteiger partial charge in [0.2, 0.25) is 0 Å². The van der Waals surface area contributed by atoms with Gasteiger partial charge in [0.25, 0.3) is 0 Å². The highest BCUT2D eigenvalue weighted by Gasteiger charge is 2.24. The van der Waals surface area contributed by atoms with Crippen LogP contribution in [0.15, 0.2) is 0 Å². The highest BCUT2D eigenvalue weighted by molar-refractivity contribution is 5.76. The number of carbonyl (C=O) groups is 1. The first-order valence-corrected chi connectivity index (χ1v) is 5.75. The standard InChI is InChI=1S/C12H25NO2/c1-7-8-10(13-9(2)3)11(14)15-12(4,5)6/h9-10,13H,7-8H2,1-6H3. The van der Waals surface area contributed by atoms with E-state index in [1.165, 1.54) is 0 Å². The summed E-state index contributed by atoms with van der Waals surface area (Å²) in [7, 11) is 0. The summed E-state index contributed by atoms with van der Waals surface area (Å²) in [5.74, 6) is -0.141. The van der Waals surface area contributed by atoms with Crippen molar-refractivity contribution in [1.29, 1.82) is 0 Å². The fourth-order valence-corrected chi connectivity index (χ4v) is 1.33. The van der Waals surface area contributed by atoms with Gasteiger partial charge in [0, 0.05) is 6.04 Å². The van der Waals surface area contributed by atoms with Crippen molar-refractivity contribution in [2.45, 2.75) is 72.1 Å². The van der Waals surface area contributed by atoms with Crippen LogP contribution >= 0.6 is 0 Å². The van der Waals surface area contributed by atoms with Crippen LogP contribution in [0.25, 0.3) is 0 Å². The molecular weight excluding hydrogens is 190 g/mol. The first kappa shape index (κ1) is 14.4. The lowest BCUT2D eigenvalue weighted by molar-refractivity contribution is -0.157. The molecule has 1 N–H and O–H groups in total. The van der Waals surface area contributed by atoms with Gasteiger partial charge in [-0.1, -0.05) is 27.2 Å². The second-order valence-corrected chi connectivity index (χ2v) is 5.20. The molecule has 0 amide bonds. The minimum absolute atomic E-state index is 0.141. The van der Waals surface area contributed by atoms with Crippen molar-refractivity contribution >= 4 is 5.97 Å². The molecule has 0 spiro atoms. The molecule has 0 bridgehead atoms. The molecule has 0 saturated carbocycles. The minimum atomic E-state index is -0.401. The van der Waals surface area contributed by atoms with Gasteiger partial charge in [0.05, 0.1) is 0 Å². The molecule has 15 heavy (non-hydrogen) atoms. The van der Waals surface area contributed by atoms with Crippen LogP contribution in [0.3, 0.4) is 0 Å². The van der Waals surface area contributed by atoms with Crippen LogP contribution in [-0.4, -0.2) is 23.7 Å². The van der Waals surface area contributed by atoms with E-state index in [1.54, 1.807) is 0 Å². The molecule has 0 aromatic rings. The van der Waals surface area contributed by atoms with E-state index in [2.05, 4.69) is 12.2 Å². The molecule has 90 valence electrons. The SMILES string of the molecule is CCCC(NC(C)C)C(=O)OC(C)(C)C. The Kier molecular flexibility index (Phi) is 5.88. The molecule has 3 nitrogen and oxygen atoms in total. The van der Waals surface area contributed by atoms with Gasteiger partial charge >= 0.3 is 5.97 Å². The van der Waals surface area contributed by atoms with Crippen LogP contribution in [0, 0.1) is 0 Å². The topological polar surface area (TPSA) is 38.3 Å². The summed E-state index contributed by atoms with van der Waals surface area (Å²) < 4.78 is 5.35. The Bertz CT molecular complexity index is 194. The highest BCUT2D eigenvalue weighted by atomic mass is 16.6. The van der Waals surface area contributed by atoms with Gasteiger partial charge in [0.15, 0.2) is 0 Å². The third kappa shape index (κ3) is 7.37. The van der Waals surface area contributed by atoms with Crippen LogP contribution in [0.4, 0.5) is 0 Å². The largest absolute Gasteiger partial charge is 0.459 e. The number of nitrogens with one attached hydrogen (secondary N) is 1. The first-order chi connectivity index (χ1) is 6.76. The fourth-order valence-electron chi connectivity index (χ4n) is 1.33. The van der Waals surface area contributed by atoms with Crippen molar-refractivity contribution in [3.63, 3.8) is 0 Å². The number of carbonyl (C=O) groups excluding carboxylic acids is 1. The number of rotatable bonds is 5. The van der Waals surface area contributed by atoms with Crippen LogP contribution < -0.4 is 5.32 Å². The molecule has 0 radical (unpaired) electrons. The lowest BCUT2D eigenvalue weighted by Gasteiger charge is -2.25. The van der Waals surface area contributed by atoms with Gasteiger partial charge in [-0.05, 0) is 27.2 Å². The lowest BCUT2D eigenvalue weighted by atomic mass is 10.1. The Morgan fingerprint density at radius 1 is 1.33 bits per heavy atom. The number of esters is 1. The zero-order valence-corrected chi connectivity index (χ0v) is 10.9. The van der Waals surface area contributed by atoms with Gasteiger partial charge in [0.1, 0.15) is 11.6 Å². The lowest BCUT2D eigenvalue weighted by Crippen LogP contribution is -2.44. The maximum absolute atomic E-state index is 11.8. The fraction of sp³-hybridized carbons (Fsp3) is 0.917. The Hall–Kier alpha value is -0.570. The molecule has 0 rings (SSSR count). The summed E-state index contributed by atoms with van der Waals surface area (Å²) in [6.45, 7) is 11.8. The Labute approximate surface area is 93.6 Å². The predicted octanol–water partition coefficient (Wildman–Crippen LogP) is 2.49. The van der Waals surface area contributed by atoms with E-state index < -0.39 is 5.60 Å². The van der Waals surface area contributed by atoms with Crippen molar-refractivity contribution < 1.29 is 9.53 Å². The van der Waals surface area contributed by atoms with Gasteiger partial charge < -0.3 is 10.1 Å². The van der Waals surface area contributed by atoms with Crippen LogP contribution in [0.2, 0.25) is 0 Å². The second kappa shape index (κ2) is 6.11. The third-order valence-corrected chi connectivity index (χ3v) is 1.80. The molecule has 0 heterocycles. The van der Waals surface area contributed by atoms with Gasteiger partial charge in [-0.3, -0.25) is 4.79 Å². The van der Waals surface area contributed by atoms with Gasteiger partial charge in [-0.25, -0.2) is 0 Å². The molecule has 0 aliphatic rings. The van der Waals surface area contributed by atoms with Crippen molar-refractivity contribution in [2.24, 2.45) is 0 Å². The minimum Gasteiger partial charge on any atom is -0.459 e. The van der Waals surface area contributed by atoms with E-state index in [0.717, 1.165) is 12.8 Å². The molecule has 0 saturated heterocycles. The molecule has 3 heteroatoms. The summed E-state index contributed by atoms with van der Waals surface area (Å²) in [4.78, 5) is 11.8. The maximum Gasteiger partial charge on any atom is 0.323 e. The van der Waals surface area contributed by atoms with Crippen molar-refractivity contribution in [1.82, 2.24) is 5.32 Å². The van der Waals surface area contributed by atoms with E-state index in [-0.39, 0.29) is 12.0 Å². The van der Waals surface area contributed by atoms with E-state index in [4.69, 9.17) is 4.74 Å². The summed E-state index contributed by atoms with van der Waals surface area (Å²) in [5.41, 5.74) is -0.401. The summed E-state index contributed by atoms with van der Waals surface area (Å²) >= 11 is 0. The van der Waals surface area contributed by atoms with Gasteiger partial charge in [-0.2, -0.15) is 0 Å². The molecule has 0 aromatic carbocycles. The summed E-state index contributed by atoms with van der Waals surface area (Å²) in [5, 5.41) is 3.23. The molecule has 0 aliphatic carbocycles. The monoisotopic (exact) mass is 215 g/mol. The highest BCUT2D eigenvalue weighted by Crippen LogP contribution is 2.11. The van der Waals surface area contributed by atoms with E-state index in [1.807, 2.05) is 34.6 Å². The first-order valence-electron chi connectivity index (χ1n) is 5.75. The molecule has 1 unspecified atom stereocenters. The quantitative estimate of drug-likeness (QED) is 0.716. The Balaban J connectivity index is 4.28. The zero-order chi connectivity index (χ0) is 12.1. The van der Waals surface area contributed by atoms with Crippen LogP contribution in [0.1, 0.15) is 54.4 Å². The summed E-state index contributed by atoms with van der Waals surface area (Å²) in [6.07, 6.45) is 1.80. The van der Waals surface area contributed by atoms with Crippen molar-refractivity contribution in [2.75, 3.05) is 0 Å². The Morgan fingerprint density at radius 3 is 2.20 bits per heavy atom. The molecule has 0 aromatic heterocycles. The molecular formula is C12H25NO2. The number of hydrogen-bond acceptors (Lipinski definition) is 3. The third-order valence-electron chi connectivity index (χ3n) is 1.80.